The number of nitrogens with zero attached hydrogens (tertiary/aromatic N) is 5. The summed E-state index contributed by atoms with van der Waals surface area (Å²) in [7, 11) is 0. The Bertz CT molecular complexity index is 1050. The van der Waals surface area contributed by atoms with Crippen molar-refractivity contribution < 1.29 is 18.0 Å². The van der Waals surface area contributed by atoms with Gasteiger partial charge in [-0.25, -0.2) is 23.1 Å². The highest BCUT2D eigenvalue weighted by Crippen LogP contribution is 2.32. The fourth-order valence-corrected chi connectivity index (χ4v) is 3.87. The second-order valence-electron chi connectivity index (χ2n) is 6.23. The number of aryl methyl sites for hydroxylation is 1. The van der Waals surface area contributed by atoms with E-state index in [0.717, 1.165) is 5.69 Å². The van der Waals surface area contributed by atoms with Crippen molar-refractivity contribution in [3.05, 3.63) is 52.9 Å². The molecule has 1 aromatic carbocycles. The van der Waals surface area contributed by atoms with Crippen molar-refractivity contribution in [2.75, 3.05) is 6.54 Å². The largest absolute Gasteiger partial charge is 0.328 e. The van der Waals surface area contributed by atoms with Crippen molar-refractivity contribution in [2.45, 2.75) is 26.4 Å². The monoisotopic (exact) mass is 393 g/mol. The molecule has 0 saturated heterocycles. The maximum atomic E-state index is 14.0. The lowest BCUT2D eigenvalue weighted by Crippen LogP contribution is -2.41. The van der Waals surface area contributed by atoms with Crippen molar-refractivity contribution in [1.29, 1.82) is 0 Å². The molecule has 0 radical (unpaired) electrons. The van der Waals surface area contributed by atoms with Gasteiger partial charge >= 0.3 is 0 Å². The van der Waals surface area contributed by atoms with Crippen LogP contribution in [-0.4, -0.2) is 36.3 Å². The van der Waals surface area contributed by atoms with Gasteiger partial charge in [-0.2, -0.15) is 4.37 Å². The van der Waals surface area contributed by atoms with Gasteiger partial charge in [0.15, 0.2) is 22.5 Å². The average Bonchev–Trinajstić information content (AvgIpc) is 3.24. The first-order chi connectivity index (χ1) is 12.9. The number of carbonyl (C=O) groups excluding carboxylic acids is 1. The summed E-state index contributed by atoms with van der Waals surface area (Å²) < 4.78 is 46.7. The van der Waals surface area contributed by atoms with Crippen LogP contribution >= 0.6 is 11.5 Å². The quantitative estimate of drug-likeness (QED) is 0.627. The molecule has 10 heteroatoms. The Balaban J connectivity index is 1.66. The zero-order chi connectivity index (χ0) is 19.3. The van der Waals surface area contributed by atoms with Gasteiger partial charge in [0.05, 0.1) is 23.5 Å². The van der Waals surface area contributed by atoms with Crippen LogP contribution in [0.25, 0.3) is 10.8 Å². The average molecular weight is 393 g/mol. The highest BCUT2D eigenvalue weighted by Gasteiger charge is 2.32. The summed E-state index contributed by atoms with van der Waals surface area (Å²) in [5, 5.41) is 0.678. The van der Waals surface area contributed by atoms with Gasteiger partial charge in [-0.3, -0.25) is 4.79 Å². The van der Waals surface area contributed by atoms with Crippen LogP contribution in [0.5, 0.6) is 0 Å². The zero-order valence-electron chi connectivity index (χ0n) is 14.4. The fraction of sp³-hybridized carbons (Fsp3) is 0.294. The van der Waals surface area contributed by atoms with E-state index in [0.29, 0.717) is 35.3 Å². The summed E-state index contributed by atoms with van der Waals surface area (Å²) >= 11 is 1.24. The molecule has 1 unspecified atom stereocenters. The number of imidazole rings is 1. The molecule has 0 aliphatic carbocycles. The van der Waals surface area contributed by atoms with Gasteiger partial charge in [-0.05, 0) is 31.4 Å². The van der Waals surface area contributed by atoms with Gasteiger partial charge in [-0.15, -0.1) is 0 Å². The normalized spacial score (nSPS) is 16.5. The molecule has 1 atom stereocenters. The Morgan fingerprint density at radius 3 is 2.63 bits per heavy atom. The number of hydrogen-bond acceptors (Lipinski definition) is 5. The fourth-order valence-electron chi connectivity index (χ4n) is 3.20. The lowest BCUT2D eigenvalue weighted by Gasteiger charge is -2.35. The third-order valence-electron chi connectivity index (χ3n) is 4.57. The molecule has 6 nitrogen and oxygen atoms in total. The van der Waals surface area contributed by atoms with Gasteiger partial charge < -0.3 is 9.47 Å². The smallest absolute Gasteiger partial charge is 0.257 e. The number of rotatable bonds is 2. The summed E-state index contributed by atoms with van der Waals surface area (Å²) in [6.45, 7) is 4.26. The molecule has 3 heterocycles. The van der Waals surface area contributed by atoms with Crippen LogP contribution < -0.4 is 0 Å². The molecule has 140 valence electrons. The summed E-state index contributed by atoms with van der Waals surface area (Å²) in [6, 6.07) is 0.562. The van der Waals surface area contributed by atoms with Crippen LogP contribution in [0.1, 0.15) is 34.8 Å². The van der Waals surface area contributed by atoms with Crippen LogP contribution in [0.4, 0.5) is 13.2 Å². The molecule has 0 spiro atoms. The van der Waals surface area contributed by atoms with E-state index in [2.05, 4.69) is 14.3 Å². The Kier molecular flexibility index (Phi) is 4.22. The van der Waals surface area contributed by atoms with Gasteiger partial charge in [0.1, 0.15) is 11.6 Å². The predicted octanol–water partition coefficient (Wildman–Crippen LogP) is 3.34. The first kappa shape index (κ1) is 17.7. The maximum absolute atomic E-state index is 14.0. The van der Waals surface area contributed by atoms with Gasteiger partial charge in [-0.1, -0.05) is 0 Å². The van der Waals surface area contributed by atoms with Crippen LogP contribution in [-0.2, 0) is 6.54 Å². The van der Waals surface area contributed by atoms with Crippen molar-refractivity contribution in [3.63, 3.8) is 0 Å². The van der Waals surface area contributed by atoms with E-state index >= 15 is 0 Å². The van der Waals surface area contributed by atoms with Crippen molar-refractivity contribution in [1.82, 2.24) is 23.8 Å². The summed E-state index contributed by atoms with van der Waals surface area (Å²) in [6.07, 6.45) is 1.64. The van der Waals surface area contributed by atoms with E-state index < -0.39 is 35.0 Å². The van der Waals surface area contributed by atoms with Crippen molar-refractivity contribution >= 4 is 17.4 Å². The number of carbonyl (C=O) groups is 1. The Morgan fingerprint density at radius 2 is 1.93 bits per heavy atom. The van der Waals surface area contributed by atoms with Crippen LogP contribution in [0, 0.1) is 24.4 Å². The number of amides is 1. The molecule has 0 N–H and O–H groups in total. The standard InChI is InChI=1S/C17H14F3N5OS/c1-8-14-7-21-15(16-22-9(2)23-27-16)25(14)4-3-24(8)17(26)10-5-12(19)13(20)6-11(10)18/h5-8H,3-4H2,1-2H3. The lowest BCUT2D eigenvalue weighted by molar-refractivity contribution is 0.0639. The molecule has 27 heavy (non-hydrogen) atoms. The zero-order valence-corrected chi connectivity index (χ0v) is 15.2. The van der Waals surface area contributed by atoms with Crippen molar-refractivity contribution in [3.8, 4) is 10.8 Å². The minimum atomic E-state index is -1.33. The second-order valence-corrected chi connectivity index (χ2v) is 6.98. The van der Waals surface area contributed by atoms with Crippen molar-refractivity contribution in [2.24, 2.45) is 0 Å². The van der Waals surface area contributed by atoms with Crippen LogP contribution in [0.3, 0.4) is 0 Å². The molecule has 1 aliphatic heterocycles. The van der Waals surface area contributed by atoms with E-state index in [-0.39, 0.29) is 6.54 Å². The van der Waals surface area contributed by atoms with E-state index in [1.54, 1.807) is 20.0 Å². The molecule has 0 saturated carbocycles. The van der Waals surface area contributed by atoms with E-state index in [4.69, 9.17) is 0 Å². The Morgan fingerprint density at radius 1 is 1.19 bits per heavy atom. The van der Waals surface area contributed by atoms with Gasteiger partial charge in [0.25, 0.3) is 5.91 Å². The molecule has 1 aliphatic rings. The molecule has 1 amide bonds. The first-order valence-electron chi connectivity index (χ1n) is 8.18. The molecule has 0 fully saturated rings. The summed E-state index contributed by atoms with van der Waals surface area (Å²) in [5.41, 5.74) is 0.258. The van der Waals surface area contributed by atoms with Gasteiger partial charge in [0.2, 0.25) is 0 Å². The number of hydrogen-bond donors (Lipinski definition) is 0. The second kappa shape index (κ2) is 6.45. The van der Waals surface area contributed by atoms with Crippen LogP contribution in [0.15, 0.2) is 18.3 Å². The van der Waals surface area contributed by atoms with Gasteiger partial charge in [0, 0.05) is 19.2 Å². The summed E-state index contributed by atoms with van der Waals surface area (Å²) in [5.74, 6) is -3.06. The first-order valence-corrected chi connectivity index (χ1v) is 8.95. The number of fused-ring (bicyclic) bond motifs is 1. The summed E-state index contributed by atoms with van der Waals surface area (Å²) in [4.78, 5) is 22.9. The molecule has 2 aromatic heterocycles. The van der Waals surface area contributed by atoms with Crippen LogP contribution in [0.2, 0.25) is 0 Å². The number of benzene rings is 1. The Hall–Kier alpha value is -2.75. The minimum absolute atomic E-state index is 0.270. The number of aromatic nitrogens is 4. The predicted molar refractivity (Wildman–Crippen MR) is 91.6 cm³/mol. The van der Waals surface area contributed by atoms with E-state index in [1.165, 1.54) is 16.4 Å². The number of halogens is 3. The van der Waals surface area contributed by atoms with E-state index in [1.807, 2.05) is 4.57 Å². The third kappa shape index (κ3) is 2.89. The molecule has 0 bridgehead atoms. The molecular formula is C17H14F3N5OS. The lowest BCUT2D eigenvalue weighted by atomic mass is 10.1. The molecule has 4 rings (SSSR count). The highest BCUT2D eigenvalue weighted by atomic mass is 32.1. The minimum Gasteiger partial charge on any atom is -0.328 e. The van der Waals surface area contributed by atoms with E-state index in [9.17, 15) is 18.0 Å². The SMILES string of the molecule is Cc1nsc(-c2ncc3n2CCN(C(=O)c2cc(F)c(F)cc2F)C3C)n1. The third-order valence-corrected chi connectivity index (χ3v) is 5.37. The molecule has 3 aromatic rings. The molecular weight excluding hydrogens is 379 g/mol. The topological polar surface area (TPSA) is 63.9 Å². The maximum Gasteiger partial charge on any atom is 0.257 e. The Labute approximate surface area is 156 Å². The highest BCUT2D eigenvalue weighted by molar-refractivity contribution is 7.09.